The molecule has 8 heteroatoms. The summed E-state index contributed by atoms with van der Waals surface area (Å²) in [4.78, 5) is 31.7. The van der Waals surface area contributed by atoms with E-state index in [1.54, 1.807) is 0 Å². The van der Waals surface area contributed by atoms with E-state index in [1.807, 2.05) is 13.8 Å². The van der Waals surface area contributed by atoms with Crippen LogP contribution in [0.4, 0.5) is 0 Å². The second-order valence-corrected chi connectivity index (χ2v) is 6.43. The first-order valence-corrected chi connectivity index (χ1v) is 7.58. The number of nitrogens with zero attached hydrogens (tertiary/aromatic N) is 1. The van der Waals surface area contributed by atoms with Crippen LogP contribution in [-0.2, 0) is 9.36 Å². The standard InChI is InChI=1S/C10H21N2O4P.ClH/c1-3-7(2)9(11)10(13)12-6-4-5-8(12)17(14,15)16;/h7-9H,3-6,11H2,1-2H3,(H2,14,15,16);1H/t7-,8-,9-;/m0./s1. The molecule has 0 aromatic carbocycles. The van der Waals surface area contributed by atoms with Crippen molar-refractivity contribution in [3.8, 4) is 0 Å². The van der Waals surface area contributed by atoms with E-state index in [4.69, 9.17) is 5.73 Å². The van der Waals surface area contributed by atoms with Crippen LogP contribution in [0, 0.1) is 5.92 Å². The molecule has 0 bridgehead atoms. The first-order valence-electron chi connectivity index (χ1n) is 5.90. The topological polar surface area (TPSA) is 104 Å². The Morgan fingerprint density at radius 3 is 2.56 bits per heavy atom. The third kappa shape index (κ3) is 3.93. The summed E-state index contributed by atoms with van der Waals surface area (Å²) in [5.74, 6) is -1.31. The maximum absolute atomic E-state index is 12.1. The summed E-state index contributed by atoms with van der Waals surface area (Å²) < 4.78 is 11.3. The molecule has 0 unspecified atom stereocenters. The molecule has 0 saturated carbocycles. The Hall–Kier alpha value is -0.130. The van der Waals surface area contributed by atoms with Crippen molar-refractivity contribution in [3.63, 3.8) is 0 Å². The van der Waals surface area contributed by atoms with Gasteiger partial charge in [-0.25, -0.2) is 0 Å². The van der Waals surface area contributed by atoms with Crippen molar-refractivity contribution in [2.75, 3.05) is 6.54 Å². The fourth-order valence-corrected chi connectivity index (χ4v) is 3.16. The zero-order valence-corrected chi connectivity index (χ0v) is 12.4. The van der Waals surface area contributed by atoms with Gasteiger partial charge in [-0.1, -0.05) is 20.3 Å². The normalized spacial score (nSPS) is 23.4. The van der Waals surface area contributed by atoms with Crippen LogP contribution >= 0.6 is 20.0 Å². The van der Waals surface area contributed by atoms with Crippen molar-refractivity contribution in [1.29, 1.82) is 0 Å². The van der Waals surface area contributed by atoms with E-state index in [0.29, 0.717) is 19.4 Å². The number of hydrogen-bond donors (Lipinski definition) is 3. The van der Waals surface area contributed by atoms with Gasteiger partial charge < -0.3 is 20.4 Å². The van der Waals surface area contributed by atoms with Gasteiger partial charge in [0.1, 0.15) is 5.78 Å². The highest BCUT2D eigenvalue weighted by molar-refractivity contribution is 7.52. The number of rotatable bonds is 4. The molecule has 1 heterocycles. The molecule has 0 aromatic heterocycles. The molecule has 4 N–H and O–H groups in total. The summed E-state index contributed by atoms with van der Waals surface area (Å²) in [6.07, 6.45) is 1.74. The minimum absolute atomic E-state index is 0. The third-order valence-corrected chi connectivity index (χ3v) is 4.75. The van der Waals surface area contributed by atoms with E-state index in [-0.39, 0.29) is 24.2 Å². The summed E-state index contributed by atoms with van der Waals surface area (Å²) >= 11 is 0. The highest BCUT2D eigenvalue weighted by Crippen LogP contribution is 2.48. The summed E-state index contributed by atoms with van der Waals surface area (Å²) in [6, 6.07) is -0.674. The van der Waals surface area contributed by atoms with Crippen molar-refractivity contribution in [2.45, 2.75) is 44.9 Å². The molecule has 108 valence electrons. The molecular weight excluding hydrogens is 279 g/mol. The number of carbonyl (C=O) groups excluding carboxylic acids is 1. The summed E-state index contributed by atoms with van der Waals surface area (Å²) in [5.41, 5.74) is 5.81. The Morgan fingerprint density at radius 1 is 1.56 bits per heavy atom. The van der Waals surface area contributed by atoms with E-state index in [1.165, 1.54) is 4.90 Å². The SMILES string of the molecule is CC[C@H](C)[C@H](N)C(=O)N1CCC[C@@H]1P(=O)(O)O.Cl. The van der Waals surface area contributed by atoms with Crippen molar-refractivity contribution >= 4 is 25.9 Å². The van der Waals surface area contributed by atoms with Crippen LogP contribution in [-0.4, -0.2) is 39.0 Å². The second-order valence-electron chi connectivity index (χ2n) is 4.65. The first-order chi connectivity index (χ1) is 7.79. The van der Waals surface area contributed by atoms with Crippen molar-refractivity contribution in [1.82, 2.24) is 4.90 Å². The predicted octanol–water partition coefficient (Wildman–Crippen LogP) is 0.908. The summed E-state index contributed by atoms with van der Waals surface area (Å²) in [7, 11) is -4.25. The molecule has 0 aliphatic carbocycles. The van der Waals surface area contributed by atoms with Crippen LogP contribution in [0.1, 0.15) is 33.1 Å². The van der Waals surface area contributed by atoms with Crippen LogP contribution in [0.3, 0.4) is 0 Å². The van der Waals surface area contributed by atoms with Gasteiger partial charge in [0.05, 0.1) is 6.04 Å². The Balaban J connectivity index is 0.00000289. The number of amides is 1. The second kappa shape index (κ2) is 6.87. The molecule has 0 spiro atoms. The quantitative estimate of drug-likeness (QED) is 0.669. The molecule has 6 nitrogen and oxygen atoms in total. The van der Waals surface area contributed by atoms with Gasteiger partial charge in [-0.2, -0.15) is 0 Å². The lowest BCUT2D eigenvalue weighted by atomic mass is 9.99. The molecule has 1 aliphatic heterocycles. The van der Waals surface area contributed by atoms with E-state index < -0.39 is 19.4 Å². The average Bonchev–Trinajstić information content (AvgIpc) is 2.74. The first kappa shape index (κ1) is 17.9. The lowest BCUT2D eigenvalue weighted by Gasteiger charge is -2.29. The third-order valence-electron chi connectivity index (χ3n) is 3.43. The summed E-state index contributed by atoms with van der Waals surface area (Å²) in [5, 5.41) is 0. The van der Waals surface area contributed by atoms with E-state index in [9.17, 15) is 19.1 Å². The fraction of sp³-hybridized carbons (Fsp3) is 0.900. The molecule has 1 amide bonds. The molecule has 0 radical (unpaired) electrons. The number of halogens is 1. The highest BCUT2D eigenvalue weighted by Gasteiger charge is 2.42. The van der Waals surface area contributed by atoms with E-state index in [2.05, 4.69) is 0 Å². The fourth-order valence-electron chi connectivity index (χ4n) is 2.04. The number of carbonyl (C=O) groups is 1. The van der Waals surface area contributed by atoms with E-state index in [0.717, 1.165) is 6.42 Å². The molecule has 0 aromatic rings. The lowest BCUT2D eigenvalue weighted by Crippen LogP contribution is -2.48. The van der Waals surface area contributed by atoms with Gasteiger partial charge in [0.2, 0.25) is 5.91 Å². The molecule has 1 rings (SSSR count). The zero-order chi connectivity index (χ0) is 13.2. The molecule has 1 fully saturated rings. The van der Waals surface area contributed by atoms with Gasteiger partial charge in [-0.3, -0.25) is 9.36 Å². The maximum atomic E-state index is 12.1. The van der Waals surface area contributed by atoms with Crippen molar-refractivity contribution in [2.24, 2.45) is 11.7 Å². The largest absolute Gasteiger partial charge is 0.347 e. The van der Waals surface area contributed by atoms with Crippen LogP contribution in [0.2, 0.25) is 0 Å². The lowest BCUT2D eigenvalue weighted by molar-refractivity contribution is -0.133. The van der Waals surface area contributed by atoms with Crippen LogP contribution in [0.5, 0.6) is 0 Å². The Morgan fingerprint density at radius 2 is 2.11 bits per heavy atom. The Labute approximate surface area is 113 Å². The molecule has 18 heavy (non-hydrogen) atoms. The minimum atomic E-state index is -4.25. The van der Waals surface area contributed by atoms with Gasteiger partial charge in [0.25, 0.3) is 0 Å². The number of hydrogen-bond acceptors (Lipinski definition) is 3. The van der Waals surface area contributed by atoms with Crippen molar-refractivity contribution in [3.05, 3.63) is 0 Å². The van der Waals surface area contributed by atoms with Gasteiger partial charge in [-0.15, -0.1) is 12.4 Å². The zero-order valence-electron chi connectivity index (χ0n) is 10.7. The monoisotopic (exact) mass is 300 g/mol. The number of likely N-dealkylation sites (tertiary alicyclic amines) is 1. The van der Waals surface area contributed by atoms with Gasteiger partial charge in [0.15, 0.2) is 0 Å². The molecule has 1 aliphatic rings. The maximum Gasteiger partial charge on any atom is 0.347 e. The summed E-state index contributed by atoms with van der Waals surface area (Å²) in [6.45, 7) is 4.19. The number of nitrogens with two attached hydrogens (primary N) is 1. The Kier molecular flexibility index (Phi) is 6.82. The highest BCUT2D eigenvalue weighted by atomic mass is 35.5. The van der Waals surface area contributed by atoms with Crippen LogP contribution in [0.25, 0.3) is 0 Å². The molecule has 1 saturated heterocycles. The van der Waals surface area contributed by atoms with Crippen LogP contribution < -0.4 is 5.73 Å². The van der Waals surface area contributed by atoms with Gasteiger partial charge in [0, 0.05) is 6.54 Å². The smallest absolute Gasteiger partial charge is 0.327 e. The van der Waals surface area contributed by atoms with E-state index >= 15 is 0 Å². The average molecular weight is 301 g/mol. The van der Waals surface area contributed by atoms with Gasteiger partial charge in [-0.05, 0) is 18.8 Å². The minimum Gasteiger partial charge on any atom is -0.327 e. The predicted molar refractivity (Wildman–Crippen MR) is 71.5 cm³/mol. The molecule has 3 atom stereocenters. The van der Waals surface area contributed by atoms with Gasteiger partial charge >= 0.3 is 7.60 Å². The van der Waals surface area contributed by atoms with Crippen molar-refractivity contribution < 1.29 is 19.1 Å². The molecular formula is C10H22ClN2O4P. The Bertz CT molecular complexity index is 336. The van der Waals surface area contributed by atoms with Crippen LogP contribution in [0.15, 0.2) is 0 Å².